The number of hydrogen-bond donors (Lipinski definition) is 3. The van der Waals surface area contributed by atoms with Crippen molar-refractivity contribution in [3.05, 3.63) is 34.9 Å². The number of hydrogen-bond acceptors (Lipinski definition) is 3. The summed E-state index contributed by atoms with van der Waals surface area (Å²) in [5, 5.41) is 20.9. The largest absolute Gasteiger partial charge is 0.481 e. The molecule has 0 saturated carbocycles. The molecule has 98 valence electrons. The topological polar surface area (TPSA) is 86.6 Å². The Morgan fingerprint density at radius 2 is 1.83 bits per heavy atom. The van der Waals surface area contributed by atoms with Crippen LogP contribution < -0.4 is 5.32 Å². The van der Waals surface area contributed by atoms with Crippen molar-refractivity contribution in [3.63, 3.8) is 0 Å². The zero-order valence-electron chi connectivity index (χ0n) is 9.60. The number of carboxylic acid groups (broad SMARTS) is 2. The summed E-state index contributed by atoms with van der Waals surface area (Å²) < 4.78 is 0. The third kappa shape index (κ3) is 4.73. The normalized spacial score (nSPS) is 12.1. The standard InChI is InChI=1S/C12H14ClNO4/c13-9-5-3-8(4-6-9)11(12(17)18)14-7-1-2-10(15)16/h3-6,11,14H,1-2,7H2,(H,15,16)(H,17,18). The first-order valence-corrected chi connectivity index (χ1v) is 5.82. The molecule has 0 aromatic heterocycles. The molecule has 0 radical (unpaired) electrons. The lowest BCUT2D eigenvalue weighted by Gasteiger charge is -2.14. The number of carboxylic acids is 2. The summed E-state index contributed by atoms with van der Waals surface area (Å²) >= 11 is 5.72. The van der Waals surface area contributed by atoms with Gasteiger partial charge in [0, 0.05) is 11.4 Å². The molecule has 5 nitrogen and oxygen atoms in total. The Kier molecular flexibility index (Phi) is 5.61. The first-order chi connectivity index (χ1) is 8.50. The van der Waals surface area contributed by atoms with Gasteiger partial charge in [-0.25, -0.2) is 0 Å². The number of benzene rings is 1. The SMILES string of the molecule is O=C(O)CCCNC(C(=O)O)c1ccc(Cl)cc1. The van der Waals surface area contributed by atoms with Crippen LogP contribution in [0.3, 0.4) is 0 Å². The molecular weight excluding hydrogens is 258 g/mol. The van der Waals surface area contributed by atoms with Crippen LogP contribution in [-0.4, -0.2) is 28.7 Å². The van der Waals surface area contributed by atoms with Crippen LogP contribution in [0.25, 0.3) is 0 Å². The molecule has 1 unspecified atom stereocenters. The lowest BCUT2D eigenvalue weighted by Crippen LogP contribution is -2.29. The Morgan fingerprint density at radius 1 is 1.22 bits per heavy atom. The second kappa shape index (κ2) is 6.98. The predicted octanol–water partition coefficient (Wildman–Crippen LogP) is 1.92. The number of rotatable bonds is 7. The summed E-state index contributed by atoms with van der Waals surface area (Å²) in [5.74, 6) is -1.90. The van der Waals surface area contributed by atoms with Crippen LogP contribution in [0, 0.1) is 0 Å². The Labute approximate surface area is 109 Å². The lowest BCUT2D eigenvalue weighted by atomic mass is 10.1. The summed E-state index contributed by atoms with van der Waals surface area (Å²) in [6.45, 7) is 0.325. The second-order valence-electron chi connectivity index (χ2n) is 3.77. The molecule has 0 amide bonds. The van der Waals surface area contributed by atoms with Gasteiger partial charge in [0.15, 0.2) is 0 Å². The van der Waals surface area contributed by atoms with Gasteiger partial charge in [-0.05, 0) is 30.7 Å². The van der Waals surface area contributed by atoms with E-state index in [1.54, 1.807) is 24.3 Å². The van der Waals surface area contributed by atoms with Gasteiger partial charge < -0.3 is 15.5 Å². The highest BCUT2D eigenvalue weighted by molar-refractivity contribution is 6.30. The van der Waals surface area contributed by atoms with E-state index in [4.69, 9.17) is 21.8 Å². The Balaban J connectivity index is 2.57. The van der Waals surface area contributed by atoms with Crippen molar-refractivity contribution in [1.82, 2.24) is 5.32 Å². The molecule has 0 fully saturated rings. The molecule has 0 heterocycles. The number of halogens is 1. The molecule has 18 heavy (non-hydrogen) atoms. The highest BCUT2D eigenvalue weighted by atomic mass is 35.5. The summed E-state index contributed by atoms with van der Waals surface area (Å²) in [6.07, 6.45) is 0.395. The van der Waals surface area contributed by atoms with Gasteiger partial charge in [0.05, 0.1) is 0 Å². The van der Waals surface area contributed by atoms with E-state index in [9.17, 15) is 9.59 Å². The lowest BCUT2D eigenvalue weighted by molar-refractivity contribution is -0.139. The van der Waals surface area contributed by atoms with Crippen LogP contribution in [0.5, 0.6) is 0 Å². The van der Waals surface area contributed by atoms with Gasteiger partial charge in [-0.15, -0.1) is 0 Å². The molecule has 6 heteroatoms. The highest BCUT2D eigenvalue weighted by Gasteiger charge is 2.18. The van der Waals surface area contributed by atoms with Crippen LogP contribution in [0.2, 0.25) is 5.02 Å². The van der Waals surface area contributed by atoms with E-state index >= 15 is 0 Å². The first kappa shape index (κ1) is 14.5. The molecule has 0 aliphatic carbocycles. The Bertz CT molecular complexity index is 419. The number of nitrogens with one attached hydrogen (secondary N) is 1. The minimum Gasteiger partial charge on any atom is -0.481 e. The average molecular weight is 272 g/mol. The van der Waals surface area contributed by atoms with Crippen molar-refractivity contribution in [2.75, 3.05) is 6.54 Å². The molecule has 0 aliphatic rings. The van der Waals surface area contributed by atoms with Gasteiger partial charge in [0.1, 0.15) is 6.04 Å². The molecule has 0 aliphatic heterocycles. The van der Waals surface area contributed by atoms with Gasteiger partial charge in [-0.1, -0.05) is 23.7 Å². The van der Waals surface area contributed by atoms with E-state index in [0.717, 1.165) is 0 Å². The minimum absolute atomic E-state index is 0.0138. The van der Waals surface area contributed by atoms with E-state index in [-0.39, 0.29) is 6.42 Å². The van der Waals surface area contributed by atoms with Crippen molar-refractivity contribution < 1.29 is 19.8 Å². The van der Waals surface area contributed by atoms with Crippen molar-refractivity contribution in [3.8, 4) is 0 Å². The first-order valence-electron chi connectivity index (χ1n) is 5.44. The third-order valence-electron chi connectivity index (χ3n) is 2.37. The summed E-state index contributed by atoms with van der Waals surface area (Å²) in [6, 6.07) is 5.64. The van der Waals surface area contributed by atoms with Crippen LogP contribution in [0.1, 0.15) is 24.4 Å². The summed E-state index contributed by atoms with van der Waals surface area (Å²) in [5.41, 5.74) is 0.585. The van der Waals surface area contributed by atoms with Crippen molar-refractivity contribution in [2.45, 2.75) is 18.9 Å². The minimum atomic E-state index is -1.01. The Morgan fingerprint density at radius 3 is 2.33 bits per heavy atom. The monoisotopic (exact) mass is 271 g/mol. The van der Waals surface area contributed by atoms with Crippen molar-refractivity contribution in [2.24, 2.45) is 0 Å². The maximum absolute atomic E-state index is 11.1. The smallest absolute Gasteiger partial charge is 0.325 e. The number of aliphatic carboxylic acids is 2. The van der Waals surface area contributed by atoms with E-state index in [1.807, 2.05) is 0 Å². The quantitative estimate of drug-likeness (QED) is 0.660. The van der Waals surface area contributed by atoms with Gasteiger partial charge >= 0.3 is 11.9 Å². The summed E-state index contributed by atoms with van der Waals surface area (Å²) in [4.78, 5) is 21.4. The van der Waals surface area contributed by atoms with E-state index in [2.05, 4.69) is 5.32 Å². The molecule has 1 rings (SSSR count). The average Bonchev–Trinajstić information content (AvgIpc) is 2.30. The number of carbonyl (C=O) groups is 2. The van der Waals surface area contributed by atoms with Crippen LogP contribution in [0.15, 0.2) is 24.3 Å². The molecule has 0 saturated heterocycles. The summed E-state index contributed by atoms with van der Waals surface area (Å²) in [7, 11) is 0. The van der Waals surface area contributed by atoms with E-state index < -0.39 is 18.0 Å². The van der Waals surface area contributed by atoms with E-state index in [1.165, 1.54) is 0 Å². The highest BCUT2D eigenvalue weighted by Crippen LogP contribution is 2.16. The van der Waals surface area contributed by atoms with Gasteiger partial charge in [-0.3, -0.25) is 9.59 Å². The van der Waals surface area contributed by atoms with Gasteiger partial charge in [0.2, 0.25) is 0 Å². The van der Waals surface area contributed by atoms with Crippen LogP contribution in [-0.2, 0) is 9.59 Å². The maximum Gasteiger partial charge on any atom is 0.325 e. The van der Waals surface area contributed by atoms with Crippen molar-refractivity contribution >= 4 is 23.5 Å². The molecule has 0 spiro atoms. The van der Waals surface area contributed by atoms with E-state index in [0.29, 0.717) is 23.6 Å². The van der Waals surface area contributed by atoms with Gasteiger partial charge in [0.25, 0.3) is 0 Å². The fraction of sp³-hybridized carbons (Fsp3) is 0.333. The third-order valence-corrected chi connectivity index (χ3v) is 2.62. The molecular formula is C12H14ClNO4. The maximum atomic E-state index is 11.1. The van der Waals surface area contributed by atoms with Crippen LogP contribution in [0.4, 0.5) is 0 Å². The zero-order chi connectivity index (χ0) is 13.5. The second-order valence-corrected chi connectivity index (χ2v) is 4.21. The molecule has 1 atom stereocenters. The Hall–Kier alpha value is -1.59. The fourth-order valence-corrected chi connectivity index (χ4v) is 1.61. The molecule has 3 N–H and O–H groups in total. The zero-order valence-corrected chi connectivity index (χ0v) is 10.4. The molecule has 1 aromatic rings. The van der Waals surface area contributed by atoms with Crippen LogP contribution >= 0.6 is 11.6 Å². The fourth-order valence-electron chi connectivity index (χ4n) is 1.49. The molecule has 1 aromatic carbocycles. The predicted molar refractivity (Wildman–Crippen MR) is 66.7 cm³/mol. The van der Waals surface area contributed by atoms with Crippen molar-refractivity contribution in [1.29, 1.82) is 0 Å². The van der Waals surface area contributed by atoms with Gasteiger partial charge in [-0.2, -0.15) is 0 Å². The molecule has 0 bridgehead atoms.